The Kier molecular flexibility index (Phi) is 4.90. The molecule has 1 aliphatic rings. The first-order valence-corrected chi connectivity index (χ1v) is 7.91. The number of para-hydroxylation sites is 1. The largest absolute Gasteiger partial charge is 0.493 e. The van der Waals surface area contributed by atoms with Crippen LogP contribution in [0.5, 0.6) is 5.75 Å². The van der Waals surface area contributed by atoms with Gasteiger partial charge in [0.25, 0.3) is 0 Å². The van der Waals surface area contributed by atoms with Crippen molar-refractivity contribution in [1.82, 2.24) is 5.32 Å². The number of nitrogens with one attached hydrogen (secondary N) is 1. The molecule has 110 valence electrons. The third-order valence-corrected chi connectivity index (χ3v) is 4.21. The maximum absolute atomic E-state index is 6.07. The summed E-state index contributed by atoms with van der Waals surface area (Å²) in [6, 6.07) is 18.8. The number of hydrogen-bond acceptors (Lipinski definition) is 2. The zero-order valence-corrected chi connectivity index (χ0v) is 12.4. The Morgan fingerprint density at radius 2 is 1.62 bits per heavy atom. The van der Waals surface area contributed by atoms with Gasteiger partial charge in [0.2, 0.25) is 0 Å². The van der Waals surface area contributed by atoms with Gasteiger partial charge in [0.05, 0.1) is 6.61 Å². The van der Waals surface area contributed by atoms with Gasteiger partial charge in [-0.1, -0.05) is 48.5 Å². The van der Waals surface area contributed by atoms with Crippen LogP contribution < -0.4 is 10.1 Å². The number of piperidine rings is 1. The van der Waals surface area contributed by atoms with Gasteiger partial charge >= 0.3 is 0 Å². The smallest absolute Gasteiger partial charge is 0.127 e. The molecule has 1 heterocycles. The molecule has 2 aromatic carbocycles. The lowest BCUT2D eigenvalue weighted by Crippen LogP contribution is -2.28. The highest BCUT2D eigenvalue weighted by atomic mass is 16.5. The molecule has 0 unspecified atom stereocenters. The van der Waals surface area contributed by atoms with Gasteiger partial charge in [-0.15, -0.1) is 0 Å². The number of benzene rings is 2. The Hall–Kier alpha value is -1.80. The van der Waals surface area contributed by atoms with Gasteiger partial charge < -0.3 is 10.1 Å². The lowest BCUT2D eigenvalue weighted by Gasteiger charge is -2.22. The average Bonchev–Trinajstić information content (AvgIpc) is 2.57. The number of ether oxygens (including phenoxy) is 1. The maximum Gasteiger partial charge on any atom is 0.127 e. The van der Waals surface area contributed by atoms with Crippen molar-refractivity contribution in [2.75, 3.05) is 19.7 Å². The van der Waals surface area contributed by atoms with Crippen LogP contribution in [0.15, 0.2) is 54.6 Å². The molecule has 0 radical (unpaired) electrons. The number of rotatable bonds is 5. The van der Waals surface area contributed by atoms with Gasteiger partial charge in [-0.25, -0.2) is 0 Å². The van der Waals surface area contributed by atoms with Crippen LogP contribution in [-0.2, 0) is 0 Å². The fourth-order valence-corrected chi connectivity index (χ4v) is 2.95. The molecule has 2 aromatic rings. The summed E-state index contributed by atoms with van der Waals surface area (Å²) < 4.78 is 6.07. The standard InChI is InChI=1S/C19H23NO/c1-2-6-17(7-3-1)18-8-4-5-9-19(18)21-15-12-16-10-13-20-14-11-16/h1-9,16,20H,10-15H2. The van der Waals surface area contributed by atoms with E-state index in [0.717, 1.165) is 37.8 Å². The van der Waals surface area contributed by atoms with Crippen LogP contribution in [0.25, 0.3) is 11.1 Å². The molecule has 0 atom stereocenters. The molecule has 0 amide bonds. The Bertz CT molecular complexity index is 547. The first kappa shape index (κ1) is 14.2. The molecule has 2 nitrogen and oxygen atoms in total. The zero-order valence-electron chi connectivity index (χ0n) is 12.4. The highest BCUT2D eigenvalue weighted by Gasteiger charge is 2.13. The van der Waals surface area contributed by atoms with E-state index in [1.807, 2.05) is 12.1 Å². The van der Waals surface area contributed by atoms with E-state index in [4.69, 9.17) is 4.74 Å². The van der Waals surface area contributed by atoms with E-state index in [1.54, 1.807) is 0 Å². The maximum atomic E-state index is 6.07. The molecule has 21 heavy (non-hydrogen) atoms. The van der Waals surface area contributed by atoms with Crippen molar-refractivity contribution in [3.8, 4) is 16.9 Å². The molecule has 1 saturated heterocycles. The molecular weight excluding hydrogens is 258 g/mol. The highest BCUT2D eigenvalue weighted by Crippen LogP contribution is 2.30. The van der Waals surface area contributed by atoms with Gasteiger partial charge in [-0.2, -0.15) is 0 Å². The number of hydrogen-bond donors (Lipinski definition) is 1. The molecule has 1 fully saturated rings. The summed E-state index contributed by atoms with van der Waals surface area (Å²) >= 11 is 0. The molecule has 2 heteroatoms. The highest BCUT2D eigenvalue weighted by molar-refractivity contribution is 5.70. The normalized spacial score (nSPS) is 15.8. The zero-order chi connectivity index (χ0) is 14.3. The first-order valence-electron chi connectivity index (χ1n) is 7.91. The van der Waals surface area contributed by atoms with Gasteiger partial charge in [0, 0.05) is 5.56 Å². The SMILES string of the molecule is c1ccc(-c2ccccc2OCCC2CCNCC2)cc1. The van der Waals surface area contributed by atoms with E-state index >= 15 is 0 Å². The molecule has 0 spiro atoms. The van der Waals surface area contributed by atoms with E-state index in [9.17, 15) is 0 Å². The molecule has 0 saturated carbocycles. The Morgan fingerprint density at radius 1 is 0.905 bits per heavy atom. The second kappa shape index (κ2) is 7.28. The van der Waals surface area contributed by atoms with Crippen molar-refractivity contribution in [2.45, 2.75) is 19.3 Å². The van der Waals surface area contributed by atoms with Crippen LogP contribution in [0.2, 0.25) is 0 Å². The summed E-state index contributed by atoms with van der Waals surface area (Å²) in [5, 5.41) is 3.41. The second-order valence-electron chi connectivity index (χ2n) is 5.69. The molecule has 1 aliphatic heterocycles. The van der Waals surface area contributed by atoms with E-state index in [-0.39, 0.29) is 0 Å². The van der Waals surface area contributed by atoms with E-state index < -0.39 is 0 Å². The second-order valence-corrected chi connectivity index (χ2v) is 5.69. The Labute approximate surface area is 127 Å². The fourth-order valence-electron chi connectivity index (χ4n) is 2.95. The van der Waals surface area contributed by atoms with Crippen LogP contribution in [-0.4, -0.2) is 19.7 Å². The summed E-state index contributed by atoms with van der Waals surface area (Å²) in [5.41, 5.74) is 2.40. The van der Waals surface area contributed by atoms with Gasteiger partial charge in [-0.05, 0) is 49.9 Å². The lowest BCUT2D eigenvalue weighted by atomic mass is 9.95. The van der Waals surface area contributed by atoms with Crippen LogP contribution in [0.3, 0.4) is 0 Å². The van der Waals surface area contributed by atoms with Gasteiger partial charge in [0.15, 0.2) is 0 Å². The monoisotopic (exact) mass is 281 g/mol. The topological polar surface area (TPSA) is 21.3 Å². The van der Waals surface area contributed by atoms with E-state index in [1.165, 1.54) is 24.0 Å². The molecule has 0 aliphatic carbocycles. The Morgan fingerprint density at radius 3 is 2.43 bits per heavy atom. The third kappa shape index (κ3) is 3.85. The van der Waals surface area contributed by atoms with Crippen LogP contribution in [0, 0.1) is 5.92 Å². The predicted octanol–water partition coefficient (Wildman–Crippen LogP) is 4.12. The summed E-state index contributed by atoms with van der Waals surface area (Å²) in [6.07, 6.45) is 3.72. The Balaban J connectivity index is 1.63. The van der Waals surface area contributed by atoms with E-state index in [2.05, 4.69) is 47.8 Å². The average molecular weight is 281 g/mol. The minimum Gasteiger partial charge on any atom is -0.493 e. The van der Waals surface area contributed by atoms with Gasteiger partial charge in [0.1, 0.15) is 5.75 Å². The van der Waals surface area contributed by atoms with Crippen LogP contribution >= 0.6 is 0 Å². The molecule has 1 N–H and O–H groups in total. The minimum absolute atomic E-state index is 0.814. The van der Waals surface area contributed by atoms with Crippen LogP contribution in [0.4, 0.5) is 0 Å². The van der Waals surface area contributed by atoms with E-state index in [0.29, 0.717) is 0 Å². The van der Waals surface area contributed by atoms with Crippen molar-refractivity contribution in [1.29, 1.82) is 0 Å². The molecule has 0 aromatic heterocycles. The van der Waals surface area contributed by atoms with Crippen molar-refractivity contribution in [3.05, 3.63) is 54.6 Å². The van der Waals surface area contributed by atoms with Crippen molar-refractivity contribution in [3.63, 3.8) is 0 Å². The fraction of sp³-hybridized carbons (Fsp3) is 0.368. The summed E-state index contributed by atoms with van der Waals surface area (Å²) in [4.78, 5) is 0. The summed E-state index contributed by atoms with van der Waals surface area (Å²) in [5.74, 6) is 1.81. The van der Waals surface area contributed by atoms with Crippen molar-refractivity contribution < 1.29 is 4.74 Å². The van der Waals surface area contributed by atoms with Crippen molar-refractivity contribution >= 4 is 0 Å². The molecule has 3 rings (SSSR count). The first-order chi connectivity index (χ1) is 10.4. The van der Waals surface area contributed by atoms with Crippen molar-refractivity contribution in [2.24, 2.45) is 5.92 Å². The third-order valence-electron chi connectivity index (χ3n) is 4.21. The summed E-state index contributed by atoms with van der Waals surface area (Å²) in [7, 11) is 0. The quantitative estimate of drug-likeness (QED) is 0.890. The minimum atomic E-state index is 0.814. The predicted molar refractivity (Wildman–Crippen MR) is 87.6 cm³/mol. The molecular formula is C19H23NO. The summed E-state index contributed by atoms with van der Waals surface area (Å²) in [6.45, 7) is 3.13. The van der Waals surface area contributed by atoms with Crippen LogP contribution in [0.1, 0.15) is 19.3 Å². The lowest BCUT2D eigenvalue weighted by molar-refractivity contribution is 0.252. The van der Waals surface area contributed by atoms with Gasteiger partial charge in [-0.3, -0.25) is 0 Å². The molecule has 0 bridgehead atoms.